The topological polar surface area (TPSA) is 96.7 Å². The van der Waals surface area contributed by atoms with E-state index in [0.717, 1.165) is 30.5 Å². The van der Waals surface area contributed by atoms with E-state index in [2.05, 4.69) is 4.90 Å². The Morgan fingerprint density at radius 2 is 1.78 bits per heavy atom. The van der Waals surface area contributed by atoms with Gasteiger partial charge in [0, 0.05) is 13.1 Å². The third kappa shape index (κ3) is 6.00. The summed E-state index contributed by atoms with van der Waals surface area (Å²) in [6.07, 6.45) is 1.52. The Hall–Kier alpha value is -4.50. The molecular formula is C32H33NO8. The number of rotatable bonds is 10. The number of methoxy groups -OCH3 is 2. The highest BCUT2D eigenvalue weighted by Crippen LogP contribution is 2.34. The number of aryl methyl sites for hydroxylation is 1. The third-order valence-electron chi connectivity index (χ3n) is 6.94. The molecule has 9 heteroatoms. The number of nitrogens with zero attached hydrogens (tertiary/aromatic N) is 1. The van der Waals surface area contributed by atoms with Crippen LogP contribution in [0.2, 0.25) is 0 Å². The van der Waals surface area contributed by atoms with Gasteiger partial charge in [-0.15, -0.1) is 0 Å². The maximum absolute atomic E-state index is 13.5. The first-order valence-corrected chi connectivity index (χ1v) is 13.5. The van der Waals surface area contributed by atoms with Crippen LogP contribution in [0, 0.1) is 6.92 Å². The number of esters is 1. The summed E-state index contributed by atoms with van der Waals surface area (Å²) >= 11 is 0. The Kier molecular flexibility index (Phi) is 8.45. The highest BCUT2D eigenvalue weighted by Gasteiger charge is 2.24. The Labute approximate surface area is 238 Å². The first-order chi connectivity index (χ1) is 19.9. The highest BCUT2D eigenvalue weighted by atomic mass is 16.5. The summed E-state index contributed by atoms with van der Waals surface area (Å²) in [7, 11) is 3.24. The van der Waals surface area contributed by atoms with Crippen molar-refractivity contribution >= 4 is 16.9 Å². The fraction of sp³-hybridized carbons (Fsp3) is 0.312. The van der Waals surface area contributed by atoms with Crippen molar-refractivity contribution in [3.05, 3.63) is 87.3 Å². The molecule has 0 fully saturated rings. The van der Waals surface area contributed by atoms with Crippen molar-refractivity contribution in [1.29, 1.82) is 0 Å². The largest absolute Gasteiger partial charge is 0.493 e. The fourth-order valence-electron chi connectivity index (χ4n) is 4.74. The van der Waals surface area contributed by atoms with Crippen molar-refractivity contribution in [1.82, 2.24) is 4.90 Å². The van der Waals surface area contributed by atoms with Crippen LogP contribution in [0.5, 0.6) is 28.7 Å². The number of hydrogen-bond donors (Lipinski definition) is 0. The molecule has 0 N–H and O–H groups in total. The van der Waals surface area contributed by atoms with Crippen LogP contribution in [0.1, 0.15) is 40.6 Å². The van der Waals surface area contributed by atoms with Crippen molar-refractivity contribution in [2.75, 3.05) is 34.1 Å². The van der Waals surface area contributed by atoms with Gasteiger partial charge < -0.3 is 28.1 Å². The molecule has 1 aliphatic heterocycles. The van der Waals surface area contributed by atoms with Crippen LogP contribution in [0.25, 0.3) is 11.0 Å². The van der Waals surface area contributed by atoms with Gasteiger partial charge in [-0.1, -0.05) is 13.0 Å². The zero-order valence-electron chi connectivity index (χ0n) is 23.7. The zero-order chi connectivity index (χ0) is 28.9. The monoisotopic (exact) mass is 559 g/mol. The minimum Gasteiger partial charge on any atom is -0.493 e. The average Bonchev–Trinajstić information content (AvgIpc) is 3.00. The van der Waals surface area contributed by atoms with E-state index < -0.39 is 5.97 Å². The summed E-state index contributed by atoms with van der Waals surface area (Å²) in [4.78, 5) is 27.7. The number of benzene rings is 3. The zero-order valence-corrected chi connectivity index (χ0v) is 23.7. The summed E-state index contributed by atoms with van der Waals surface area (Å²) in [6, 6.07) is 15.9. The maximum Gasteiger partial charge on any atom is 0.338 e. The normalized spacial score (nSPS) is 12.9. The molecule has 0 radical (unpaired) electrons. The van der Waals surface area contributed by atoms with Crippen LogP contribution in [-0.4, -0.2) is 45.0 Å². The number of hydrogen-bond acceptors (Lipinski definition) is 9. The van der Waals surface area contributed by atoms with Gasteiger partial charge in [0.25, 0.3) is 0 Å². The Balaban J connectivity index is 1.34. The summed E-state index contributed by atoms with van der Waals surface area (Å²) in [5.74, 6) is 2.54. The molecule has 0 unspecified atom stereocenters. The van der Waals surface area contributed by atoms with Crippen LogP contribution in [0.4, 0.5) is 0 Å². The Morgan fingerprint density at radius 3 is 2.51 bits per heavy atom. The van der Waals surface area contributed by atoms with Crippen molar-refractivity contribution in [3.8, 4) is 28.7 Å². The molecule has 0 atom stereocenters. The molecule has 0 saturated carbocycles. The quantitative estimate of drug-likeness (QED) is 0.221. The van der Waals surface area contributed by atoms with E-state index in [0.29, 0.717) is 65.2 Å². The van der Waals surface area contributed by atoms with Gasteiger partial charge in [0.2, 0.25) is 11.2 Å². The molecule has 0 bridgehead atoms. The first kappa shape index (κ1) is 28.0. The summed E-state index contributed by atoms with van der Waals surface area (Å²) in [5, 5.41) is 0.412. The van der Waals surface area contributed by atoms with Gasteiger partial charge in [-0.3, -0.25) is 9.69 Å². The van der Waals surface area contributed by atoms with E-state index in [1.165, 1.54) is 0 Å². The van der Waals surface area contributed by atoms with Gasteiger partial charge in [-0.05, 0) is 73.9 Å². The van der Waals surface area contributed by atoms with Crippen LogP contribution < -0.4 is 24.4 Å². The smallest absolute Gasteiger partial charge is 0.338 e. The molecule has 1 aromatic heterocycles. The first-order valence-electron chi connectivity index (χ1n) is 13.5. The lowest BCUT2D eigenvalue weighted by Gasteiger charge is -2.29. The molecule has 4 aromatic rings. The van der Waals surface area contributed by atoms with Gasteiger partial charge in [0.1, 0.15) is 29.6 Å². The second-order valence-corrected chi connectivity index (χ2v) is 9.76. The SMILES string of the molecule is CCCOC(=O)c1ccc(Oc2c(C)oc3c4c(ccc3c2=O)OCN(CCc2ccc(OC)c(OC)c2)C4)cc1. The molecule has 2 heterocycles. The molecule has 214 valence electrons. The van der Waals surface area contributed by atoms with Crippen LogP contribution in [0.15, 0.2) is 63.8 Å². The van der Waals surface area contributed by atoms with Crippen LogP contribution in [-0.2, 0) is 17.7 Å². The van der Waals surface area contributed by atoms with E-state index in [4.69, 9.17) is 28.1 Å². The lowest BCUT2D eigenvalue weighted by molar-refractivity contribution is 0.0505. The van der Waals surface area contributed by atoms with Gasteiger partial charge in [-0.2, -0.15) is 0 Å². The number of fused-ring (bicyclic) bond motifs is 3. The van der Waals surface area contributed by atoms with E-state index >= 15 is 0 Å². The lowest BCUT2D eigenvalue weighted by atomic mass is 10.1. The van der Waals surface area contributed by atoms with Gasteiger partial charge in [0.15, 0.2) is 11.5 Å². The summed E-state index contributed by atoms with van der Waals surface area (Å²) in [6.45, 7) is 5.72. The standard InChI is InChI=1S/C32H33NO8/c1-5-16-38-32(35)22-7-9-23(10-8-22)41-30-20(2)40-31-24(29(30)34)11-13-26-25(31)18-33(19-39-26)15-14-21-6-12-27(36-3)28(17-21)37-4/h6-13,17H,5,14-16,18-19H2,1-4H3. The van der Waals surface area contributed by atoms with Crippen molar-refractivity contribution in [2.45, 2.75) is 33.2 Å². The van der Waals surface area contributed by atoms with Crippen LogP contribution >= 0.6 is 0 Å². The lowest BCUT2D eigenvalue weighted by Crippen LogP contribution is -2.33. The second kappa shape index (κ2) is 12.3. The van der Waals surface area contributed by atoms with Crippen molar-refractivity contribution in [2.24, 2.45) is 0 Å². The van der Waals surface area contributed by atoms with E-state index in [1.807, 2.05) is 25.1 Å². The van der Waals surface area contributed by atoms with Gasteiger partial charge in [-0.25, -0.2) is 4.79 Å². The number of carbonyl (C=O) groups excluding carboxylic acids is 1. The van der Waals surface area contributed by atoms with Crippen molar-refractivity contribution in [3.63, 3.8) is 0 Å². The third-order valence-corrected chi connectivity index (χ3v) is 6.94. The Bertz CT molecular complexity index is 1610. The molecule has 9 nitrogen and oxygen atoms in total. The second-order valence-electron chi connectivity index (χ2n) is 9.76. The molecule has 1 aliphatic rings. The molecule has 0 spiro atoms. The van der Waals surface area contributed by atoms with E-state index in [1.54, 1.807) is 57.5 Å². The molecule has 0 aliphatic carbocycles. The summed E-state index contributed by atoms with van der Waals surface area (Å²) in [5.41, 5.74) is 2.56. The molecule has 5 rings (SSSR count). The van der Waals surface area contributed by atoms with E-state index in [-0.39, 0.29) is 11.2 Å². The fourth-order valence-corrected chi connectivity index (χ4v) is 4.74. The molecular weight excluding hydrogens is 526 g/mol. The van der Waals surface area contributed by atoms with Gasteiger partial charge >= 0.3 is 5.97 Å². The van der Waals surface area contributed by atoms with Crippen molar-refractivity contribution < 1.29 is 32.9 Å². The minimum absolute atomic E-state index is 0.0980. The molecule has 41 heavy (non-hydrogen) atoms. The summed E-state index contributed by atoms with van der Waals surface area (Å²) < 4.78 is 34.1. The average molecular weight is 560 g/mol. The maximum atomic E-state index is 13.5. The van der Waals surface area contributed by atoms with Crippen LogP contribution in [0.3, 0.4) is 0 Å². The Morgan fingerprint density at radius 1 is 1.00 bits per heavy atom. The highest BCUT2D eigenvalue weighted by molar-refractivity contribution is 5.89. The minimum atomic E-state index is -0.399. The molecule has 3 aromatic carbocycles. The molecule has 0 amide bonds. The van der Waals surface area contributed by atoms with Gasteiger partial charge in [0.05, 0.1) is 37.3 Å². The predicted molar refractivity (Wildman–Crippen MR) is 153 cm³/mol. The number of ether oxygens (including phenoxy) is 5. The van der Waals surface area contributed by atoms with E-state index in [9.17, 15) is 9.59 Å². The molecule has 0 saturated heterocycles. The number of carbonyl (C=O) groups is 1. The predicted octanol–water partition coefficient (Wildman–Crippen LogP) is 5.87.